The fraction of sp³-hybridized carbons (Fsp3) is 0.235. The second kappa shape index (κ2) is 7.04. The smallest absolute Gasteiger partial charge is 0.244 e. The number of carbonyl (C=O) groups excluding carboxylic acids is 1. The van der Waals surface area contributed by atoms with E-state index in [1.165, 1.54) is 25.5 Å². The number of furan rings is 1. The lowest BCUT2D eigenvalue weighted by Gasteiger charge is -2.29. The summed E-state index contributed by atoms with van der Waals surface area (Å²) in [6.45, 7) is 1.87. The number of nitrogens with one attached hydrogen (secondary N) is 1. The third kappa shape index (κ3) is 3.83. The molecule has 0 fully saturated rings. The Hall–Kier alpha value is -2.40. The predicted molar refractivity (Wildman–Crippen MR) is 81.5 cm³/mol. The van der Waals surface area contributed by atoms with Gasteiger partial charge in [0, 0.05) is 18.7 Å². The molecule has 0 radical (unpaired) electrons. The van der Waals surface area contributed by atoms with Gasteiger partial charge in [-0.15, -0.1) is 0 Å². The number of hydrogen-bond donors (Lipinski definition) is 1. The monoisotopic (exact) mass is 303 g/mol. The van der Waals surface area contributed by atoms with Crippen LogP contribution in [0.5, 0.6) is 0 Å². The van der Waals surface area contributed by atoms with Crippen molar-refractivity contribution in [3.05, 3.63) is 65.9 Å². The van der Waals surface area contributed by atoms with E-state index in [4.69, 9.17) is 9.15 Å². The molecule has 0 bridgehead atoms. The third-order valence-corrected chi connectivity index (χ3v) is 3.44. The van der Waals surface area contributed by atoms with Gasteiger partial charge in [-0.05, 0) is 31.2 Å². The molecule has 4 nitrogen and oxygen atoms in total. The van der Waals surface area contributed by atoms with E-state index in [0.29, 0.717) is 11.3 Å². The molecule has 0 saturated heterocycles. The molecule has 1 amide bonds. The number of benzene rings is 1. The van der Waals surface area contributed by atoms with Gasteiger partial charge >= 0.3 is 0 Å². The van der Waals surface area contributed by atoms with Crippen molar-refractivity contribution in [2.45, 2.75) is 12.5 Å². The summed E-state index contributed by atoms with van der Waals surface area (Å²) in [5.41, 5.74) is -0.549. The van der Waals surface area contributed by atoms with Gasteiger partial charge in [-0.25, -0.2) is 4.39 Å². The van der Waals surface area contributed by atoms with E-state index >= 15 is 0 Å². The summed E-state index contributed by atoms with van der Waals surface area (Å²) in [6, 6.07) is 9.82. The van der Waals surface area contributed by atoms with Crippen LogP contribution in [-0.2, 0) is 15.1 Å². The molecule has 0 aliphatic carbocycles. The zero-order chi connectivity index (χ0) is 16.0. The minimum Gasteiger partial charge on any atom is -0.465 e. The number of halogens is 1. The molecular weight excluding hydrogens is 285 g/mol. The lowest BCUT2D eigenvalue weighted by Crippen LogP contribution is -2.40. The van der Waals surface area contributed by atoms with E-state index in [9.17, 15) is 9.18 Å². The highest BCUT2D eigenvalue weighted by atomic mass is 19.1. The first-order chi connectivity index (χ1) is 10.5. The zero-order valence-corrected chi connectivity index (χ0v) is 12.5. The molecule has 0 saturated carbocycles. The third-order valence-electron chi connectivity index (χ3n) is 3.44. The van der Waals surface area contributed by atoms with Gasteiger partial charge in [-0.2, -0.15) is 0 Å². The van der Waals surface area contributed by atoms with Crippen LogP contribution < -0.4 is 5.32 Å². The molecule has 2 rings (SSSR count). The summed E-state index contributed by atoms with van der Waals surface area (Å²) in [5.74, 6) is -0.0954. The van der Waals surface area contributed by atoms with Gasteiger partial charge in [0.25, 0.3) is 0 Å². The minimum atomic E-state index is -0.945. The average Bonchev–Trinajstić information content (AvgIpc) is 3.04. The molecule has 2 aromatic rings. The van der Waals surface area contributed by atoms with E-state index in [1.807, 2.05) is 0 Å². The van der Waals surface area contributed by atoms with Gasteiger partial charge < -0.3 is 14.5 Å². The molecule has 0 aliphatic rings. The molecule has 22 heavy (non-hydrogen) atoms. The van der Waals surface area contributed by atoms with Gasteiger partial charge in [0.05, 0.1) is 12.8 Å². The number of methoxy groups -OCH3 is 1. The summed E-state index contributed by atoms with van der Waals surface area (Å²) in [4.78, 5) is 11.8. The van der Waals surface area contributed by atoms with Crippen molar-refractivity contribution in [3.8, 4) is 0 Å². The maximum absolute atomic E-state index is 13.9. The van der Waals surface area contributed by atoms with Crippen molar-refractivity contribution in [2.75, 3.05) is 13.7 Å². The predicted octanol–water partition coefficient (Wildman–Crippen LogP) is 3.11. The molecule has 5 heteroatoms. The van der Waals surface area contributed by atoms with Crippen molar-refractivity contribution in [3.63, 3.8) is 0 Å². The van der Waals surface area contributed by atoms with Crippen molar-refractivity contribution in [2.24, 2.45) is 0 Å². The first kappa shape index (κ1) is 16.0. The molecule has 116 valence electrons. The fourth-order valence-corrected chi connectivity index (χ4v) is 2.03. The molecule has 1 aromatic carbocycles. The Bertz CT molecular complexity index is 652. The van der Waals surface area contributed by atoms with Crippen LogP contribution in [0, 0.1) is 5.82 Å². The molecule has 0 unspecified atom stereocenters. The molecule has 1 atom stereocenters. The number of ether oxygens (including phenoxy) is 1. The summed E-state index contributed by atoms with van der Waals surface area (Å²) in [6.07, 6.45) is 4.44. The maximum Gasteiger partial charge on any atom is 0.244 e. The van der Waals surface area contributed by atoms with Gasteiger partial charge in [-0.3, -0.25) is 4.79 Å². The summed E-state index contributed by atoms with van der Waals surface area (Å²) >= 11 is 0. The van der Waals surface area contributed by atoms with Crippen LogP contribution in [0.15, 0.2) is 53.2 Å². The van der Waals surface area contributed by atoms with Gasteiger partial charge in [0.15, 0.2) is 0 Å². The van der Waals surface area contributed by atoms with Crippen LogP contribution in [0.1, 0.15) is 18.2 Å². The topological polar surface area (TPSA) is 51.5 Å². The number of carbonyl (C=O) groups is 1. The molecular formula is C17H18FNO3. The summed E-state index contributed by atoms with van der Waals surface area (Å²) in [7, 11) is 1.48. The van der Waals surface area contributed by atoms with Crippen LogP contribution in [0.3, 0.4) is 0 Å². The summed E-state index contributed by atoms with van der Waals surface area (Å²) in [5, 5.41) is 2.70. The Morgan fingerprint density at radius 1 is 1.36 bits per heavy atom. The largest absolute Gasteiger partial charge is 0.465 e. The van der Waals surface area contributed by atoms with Crippen molar-refractivity contribution in [1.82, 2.24) is 5.32 Å². The highest BCUT2D eigenvalue weighted by Gasteiger charge is 2.29. The average molecular weight is 303 g/mol. The molecule has 1 aromatic heterocycles. The van der Waals surface area contributed by atoms with Gasteiger partial charge in [0.2, 0.25) is 5.91 Å². The van der Waals surface area contributed by atoms with E-state index in [-0.39, 0.29) is 18.3 Å². The fourth-order valence-electron chi connectivity index (χ4n) is 2.03. The van der Waals surface area contributed by atoms with E-state index in [2.05, 4.69) is 5.32 Å². The highest BCUT2D eigenvalue weighted by molar-refractivity contribution is 5.91. The van der Waals surface area contributed by atoms with Crippen LogP contribution in [0.4, 0.5) is 4.39 Å². The Morgan fingerprint density at radius 3 is 2.77 bits per heavy atom. The Kier molecular flexibility index (Phi) is 5.12. The van der Waals surface area contributed by atoms with Crippen LogP contribution in [0.2, 0.25) is 0 Å². The SMILES string of the molecule is CO[C@@](C)(CNC(=O)/C=C/c1ccco1)c1ccccc1F. The lowest BCUT2D eigenvalue weighted by atomic mass is 9.95. The minimum absolute atomic E-state index is 0.145. The Balaban J connectivity index is 2.01. The second-order valence-corrected chi connectivity index (χ2v) is 4.98. The zero-order valence-electron chi connectivity index (χ0n) is 12.5. The van der Waals surface area contributed by atoms with Crippen LogP contribution in [-0.4, -0.2) is 19.6 Å². The highest BCUT2D eigenvalue weighted by Crippen LogP contribution is 2.26. The molecule has 1 N–H and O–H groups in total. The standard InChI is InChI=1S/C17H18FNO3/c1-17(21-2,14-7-3-4-8-15(14)18)12-19-16(20)10-9-13-6-5-11-22-13/h3-11H,12H2,1-2H3,(H,19,20)/b10-9+/t17-/m0/s1. The second-order valence-electron chi connectivity index (χ2n) is 4.98. The molecule has 0 spiro atoms. The van der Waals surface area contributed by atoms with Crippen molar-refractivity contribution < 1.29 is 18.3 Å². The lowest BCUT2D eigenvalue weighted by molar-refractivity contribution is -0.118. The van der Waals surface area contributed by atoms with Gasteiger partial charge in [-0.1, -0.05) is 18.2 Å². The Morgan fingerprint density at radius 2 is 2.14 bits per heavy atom. The number of hydrogen-bond acceptors (Lipinski definition) is 3. The molecule has 1 heterocycles. The maximum atomic E-state index is 13.9. The first-order valence-corrected chi connectivity index (χ1v) is 6.85. The molecule has 0 aliphatic heterocycles. The number of rotatable bonds is 6. The van der Waals surface area contributed by atoms with E-state index in [1.54, 1.807) is 43.3 Å². The first-order valence-electron chi connectivity index (χ1n) is 6.85. The summed E-state index contributed by atoms with van der Waals surface area (Å²) < 4.78 is 24.4. The van der Waals surface area contributed by atoms with Crippen LogP contribution >= 0.6 is 0 Å². The quantitative estimate of drug-likeness (QED) is 0.834. The Labute approximate surface area is 128 Å². The van der Waals surface area contributed by atoms with E-state index < -0.39 is 5.60 Å². The van der Waals surface area contributed by atoms with Crippen molar-refractivity contribution in [1.29, 1.82) is 0 Å². The number of amides is 1. The van der Waals surface area contributed by atoms with Crippen molar-refractivity contribution >= 4 is 12.0 Å². The van der Waals surface area contributed by atoms with Gasteiger partial charge in [0.1, 0.15) is 17.2 Å². The van der Waals surface area contributed by atoms with Crippen LogP contribution in [0.25, 0.3) is 6.08 Å². The van der Waals surface area contributed by atoms with E-state index in [0.717, 1.165) is 0 Å². The normalized spacial score (nSPS) is 14.0.